The van der Waals surface area contributed by atoms with Crippen molar-refractivity contribution < 1.29 is 79.8 Å². The van der Waals surface area contributed by atoms with Crippen LogP contribution in [0, 0.1) is 0 Å². The zero-order valence-corrected chi connectivity index (χ0v) is 16.0. The molecule has 0 spiro atoms. The maximum absolute atomic E-state index is 13.6. The fraction of sp³-hybridized carbons (Fsp3) is 0.800. The van der Waals surface area contributed by atoms with Crippen molar-refractivity contribution in [2.45, 2.75) is 67.6 Å². The van der Waals surface area contributed by atoms with E-state index in [1.54, 1.807) is 0 Å². The Morgan fingerprint density at radius 1 is 0.667 bits per heavy atom. The van der Waals surface area contributed by atoms with Gasteiger partial charge < -0.3 is 4.74 Å². The topological polar surface area (TPSA) is 26.3 Å². The van der Waals surface area contributed by atoms with Crippen LogP contribution in [0.4, 0.5) is 70.2 Å². The average Bonchev–Trinajstić information content (AvgIpc) is 2.59. The second-order valence-corrected chi connectivity index (χ2v) is 6.74. The lowest BCUT2D eigenvalue weighted by atomic mass is 9.85. The lowest BCUT2D eigenvalue weighted by molar-refractivity contribution is -0.445. The zero-order valence-electron chi connectivity index (χ0n) is 16.0. The molecule has 0 aromatic carbocycles. The molecule has 1 unspecified atom stereocenters. The summed E-state index contributed by atoms with van der Waals surface area (Å²) in [6, 6.07) is 0. The van der Waals surface area contributed by atoms with Gasteiger partial charge in [0.25, 0.3) is 5.67 Å². The maximum Gasteiger partial charge on any atom is 0.428 e. The van der Waals surface area contributed by atoms with Gasteiger partial charge in [-0.15, -0.1) is 0 Å². The van der Waals surface area contributed by atoms with Gasteiger partial charge in [-0.2, -0.15) is 65.9 Å². The van der Waals surface area contributed by atoms with Crippen LogP contribution >= 0.6 is 0 Å². The lowest BCUT2D eigenvalue weighted by Crippen LogP contribution is -2.74. The molecule has 0 amide bonds. The Bertz CT molecular complexity index is 749. The van der Waals surface area contributed by atoms with Gasteiger partial charge in [-0.3, -0.25) is 0 Å². The largest absolute Gasteiger partial charge is 0.462 e. The number of alkyl halides is 16. The molecule has 2 nitrogen and oxygen atoms in total. The van der Waals surface area contributed by atoms with Gasteiger partial charge in [0, 0.05) is 5.57 Å². The molecule has 33 heavy (non-hydrogen) atoms. The third kappa shape index (κ3) is 4.57. The van der Waals surface area contributed by atoms with Gasteiger partial charge in [-0.25, -0.2) is 9.18 Å². The van der Waals surface area contributed by atoms with Crippen molar-refractivity contribution in [2.75, 3.05) is 6.61 Å². The molecule has 0 aromatic rings. The van der Waals surface area contributed by atoms with Crippen molar-refractivity contribution in [2.24, 2.45) is 0 Å². The maximum atomic E-state index is 13.6. The number of hydrogen-bond acceptors (Lipinski definition) is 2. The quantitative estimate of drug-likeness (QED) is 0.182. The van der Waals surface area contributed by atoms with Crippen molar-refractivity contribution in [1.82, 2.24) is 0 Å². The molecule has 0 aromatic heterocycles. The van der Waals surface area contributed by atoms with E-state index in [4.69, 9.17) is 0 Å². The number of esters is 1. The van der Waals surface area contributed by atoms with Crippen molar-refractivity contribution in [3.63, 3.8) is 0 Å². The van der Waals surface area contributed by atoms with Crippen molar-refractivity contribution in [1.29, 1.82) is 0 Å². The molecule has 0 bridgehead atoms. The highest BCUT2D eigenvalue weighted by atomic mass is 19.4. The van der Waals surface area contributed by atoms with E-state index < -0.39 is 78.9 Å². The minimum atomic E-state index is -8.39. The molecule has 0 heterocycles. The number of rotatable bonds is 10. The number of carbonyl (C=O) groups is 1. The summed E-state index contributed by atoms with van der Waals surface area (Å²) in [7, 11) is 0. The summed E-state index contributed by atoms with van der Waals surface area (Å²) < 4.78 is 216. The normalized spacial score (nSPS) is 16.9. The molecule has 0 aliphatic heterocycles. The predicted octanol–water partition coefficient (Wildman–Crippen LogP) is 6.60. The standard InChI is InChI=1S/C15H12F16O2/c1-6(2)7(32)33-5-4-9(17,18)11(21,22)13(25,26)14(27,28)12(23,24)10(19,20)8(3,16)15(29,30)31/h1,4-5H2,2-3H3. The van der Waals surface area contributed by atoms with Gasteiger partial charge in [0.15, 0.2) is 0 Å². The molecule has 196 valence electrons. The molecule has 0 fully saturated rings. The molecule has 0 radical (unpaired) electrons. The van der Waals surface area contributed by atoms with Crippen LogP contribution in [0.2, 0.25) is 0 Å². The van der Waals surface area contributed by atoms with Crippen LogP contribution in [0.15, 0.2) is 12.2 Å². The van der Waals surface area contributed by atoms with E-state index in [1.807, 2.05) is 0 Å². The number of ether oxygens (including phenoxy) is 1. The van der Waals surface area contributed by atoms with Crippen molar-refractivity contribution in [3.05, 3.63) is 12.2 Å². The SMILES string of the molecule is C=C(C)C(=O)OCCC(F)(F)C(F)(F)C(F)(F)C(F)(F)C(F)(F)C(F)(F)C(C)(F)C(F)(F)F. The second-order valence-electron chi connectivity index (χ2n) is 6.74. The first-order valence-corrected chi connectivity index (χ1v) is 7.93. The fourth-order valence-electron chi connectivity index (χ4n) is 1.85. The summed E-state index contributed by atoms with van der Waals surface area (Å²) in [5.74, 6) is -48.5. The van der Waals surface area contributed by atoms with E-state index in [-0.39, 0.29) is 0 Å². The Balaban J connectivity index is 6.36. The first kappa shape index (κ1) is 31.1. The number of carbonyl (C=O) groups excluding carboxylic acids is 1. The molecular weight excluding hydrogens is 516 g/mol. The van der Waals surface area contributed by atoms with Gasteiger partial charge in [0.2, 0.25) is 0 Å². The average molecular weight is 528 g/mol. The molecule has 0 N–H and O–H groups in total. The fourth-order valence-corrected chi connectivity index (χ4v) is 1.85. The van der Waals surface area contributed by atoms with Crippen LogP contribution in [0.3, 0.4) is 0 Å². The Morgan fingerprint density at radius 2 is 1.00 bits per heavy atom. The van der Waals surface area contributed by atoms with Gasteiger partial charge in [0.05, 0.1) is 13.0 Å². The van der Waals surface area contributed by atoms with Gasteiger partial charge >= 0.3 is 47.7 Å². The van der Waals surface area contributed by atoms with E-state index in [1.165, 1.54) is 0 Å². The van der Waals surface area contributed by atoms with E-state index in [2.05, 4.69) is 11.3 Å². The highest BCUT2D eigenvalue weighted by molar-refractivity contribution is 5.86. The van der Waals surface area contributed by atoms with Crippen LogP contribution in [-0.4, -0.2) is 60.0 Å². The second kappa shape index (κ2) is 8.39. The van der Waals surface area contributed by atoms with Gasteiger partial charge in [-0.05, 0) is 13.8 Å². The molecule has 0 aliphatic carbocycles. The van der Waals surface area contributed by atoms with Crippen molar-refractivity contribution >= 4 is 5.97 Å². The number of halogens is 16. The van der Waals surface area contributed by atoms with E-state index in [0.717, 1.165) is 6.92 Å². The van der Waals surface area contributed by atoms with E-state index in [9.17, 15) is 75.0 Å². The van der Waals surface area contributed by atoms with Gasteiger partial charge in [-0.1, -0.05) is 6.58 Å². The first-order chi connectivity index (χ1) is 14.1. The summed E-state index contributed by atoms with van der Waals surface area (Å²) in [5.41, 5.74) is -7.26. The van der Waals surface area contributed by atoms with Gasteiger partial charge in [0.1, 0.15) is 0 Å². The lowest BCUT2D eigenvalue weighted by Gasteiger charge is -2.44. The summed E-state index contributed by atoms with van der Waals surface area (Å²) >= 11 is 0. The zero-order chi connectivity index (χ0) is 27.3. The summed E-state index contributed by atoms with van der Waals surface area (Å²) in [4.78, 5) is 10.9. The highest BCUT2D eigenvalue weighted by Gasteiger charge is 2.93. The molecule has 0 saturated carbocycles. The Kier molecular flexibility index (Phi) is 7.90. The Morgan fingerprint density at radius 3 is 1.33 bits per heavy atom. The van der Waals surface area contributed by atoms with E-state index >= 15 is 0 Å². The molecule has 18 heteroatoms. The third-order valence-electron chi connectivity index (χ3n) is 4.16. The Hall–Kier alpha value is -1.91. The number of hydrogen-bond donors (Lipinski definition) is 0. The Labute approximate surface area is 173 Å². The summed E-state index contributed by atoms with van der Waals surface area (Å²) in [6.07, 6.45) is -9.90. The van der Waals surface area contributed by atoms with Crippen LogP contribution in [0.25, 0.3) is 0 Å². The molecule has 0 aliphatic rings. The van der Waals surface area contributed by atoms with E-state index in [0.29, 0.717) is 0 Å². The molecule has 0 saturated heterocycles. The minimum absolute atomic E-state index is 0.553. The van der Waals surface area contributed by atoms with Crippen molar-refractivity contribution in [3.8, 4) is 0 Å². The van der Waals surface area contributed by atoms with Crippen LogP contribution < -0.4 is 0 Å². The monoisotopic (exact) mass is 528 g/mol. The summed E-state index contributed by atoms with van der Waals surface area (Å²) in [5, 5.41) is 0. The molecular formula is C15H12F16O2. The predicted molar refractivity (Wildman–Crippen MR) is 75.6 cm³/mol. The minimum Gasteiger partial charge on any atom is -0.462 e. The third-order valence-corrected chi connectivity index (χ3v) is 4.16. The molecule has 0 rings (SSSR count). The van der Waals surface area contributed by atoms with Crippen LogP contribution in [0.1, 0.15) is 20.3 Å². The summed E-state index contributed by atoms with van der Waals surface area (Å²) in [6.45, 7) is 0.344. The smallest absolute Gasteiger partial charge is 0.428 e. The molecule has 1 atom stereocenters. The highest BCUT2D eigenvalue weighted by Crippen LogP contribution is 2.63. The van der Waals surface area contributed by atoms with Crippen LogP contribution in [-0.2, 0) is 9.53 Å². The first-order valence-electron chi connectivity index (χ1n) is 7.93. The van der Waals surface area contributed by atoms with Crippen LogP contribution in [0.5, 0.6) is 0 Å².